The van der Waals surface area contributed by atoms with Crippen LogP contribution in [-0.2, 0) is 0 Å². The Morgan fingerprint density at radius 3 is 2.45 bits per heavy atom. The van der Waals surface area contributed by atoms with Crippen LogP contribution in [0.3, 0.4) is 0 Å². The van der Waals surface area contributed by atoms with Crippen molar-refractivity contribution in [2.24, 2.45) is 0 Å². The molecule has 1 aromatic heterocycles. The molecule has 0 bridgehead atoms. The van der Waals surface area contributed by atoms with Crippen molar-refractivity contribution in [3.05, 3.63) is 43.0 Å². The zero-order chi connectivity index (χ0) is 14.1. The summed E-state index contributed by atoms with van der Waals surface area (Å²) in [5.41, 5.74) is 0.991. The van der Waals surface area contributed by atoms with Crippen molar-refractivity contribution in [2.45, 2.75) is 11.8 Å². The van der Waals surface area contributed by atoms with E-state index in [-0.39, 0.29) is 5.38 Å². The SMILES string of the molecule is ClC(c1ccc(Br)s1)c1cc2c(cc1Br)OCCCO2. The molecule has 0 radical (unpaired) electrons. The maximum atomic E-state index is 6.60. The molecule has 0 saturated carbocycles. The van der Waals surface area contributed by atoms with Crippen LogP contribution in [0.25, 0.3) is 0 Å². The number of rotatable bonds is 2. The molecular formula is C14H11Br2ClO2S. The minimum Gasteiger partial charge on any atom is -0.490 e. The molecule has 2 heterocycles. The highest BCUT2D eigenvalue weighted by Gasteiger charge is 2.20. The van der Waals surface area contributed by atoms with Gasteiger partial charge in [0, 0.05) is 15.8 Å². The van der Waals surface area contributed by atoms with E-state index in [1.807, 2.05) is 24.3 Å². The van der Waals surface area contributed by atoms with Crippen LogP contribution in [0, 0.1) is 0 Å². The fraction of sp³-hybridized carbons (Fsp3) is 0.286. The Bertz CT molecular complexity index is 630. The van der Waals surface area contributed by atoms with Gasteiger partial charge in [-0.05, 0) is 45.8 Å². The third kappa shape index (κ3) is 3.01. The number of hydrogen-bond acceptors (Lipinski definition) is 3. The monoisotopic (exact) mass is 436 g/mol. The van der Waals surface area contributed by atoms with Crippen LogP contribution in [-0.4, -0.2) is 13.2 Å². The molecule has 3 rings (SSSR count). The number of hydrogen-bond donors (Lipinski definition) is 0. The molecule has 1 atom stereocenters. The molecule has 1 unspecified atom stereocenters. The van der Waals surface area contributed by atoms with E-state index in [4.69, 9.17) is 21.1 Å². The normalized spacial score (nSPS) is 15.8. The number of fused-ring (bicyclic) bond motifs is 1. The predicted octanol–water partition coefficient (Wildman–Crippen LogP) is 5.76. The van der Waals surface area contributed by atoms with Gasteiger partial charge in [0.25, 0.3) is 0 Å². The van der Waals surface area contributed by atoms with Crippen molar-refractivity contribution in [2.75, 3.05) is 13.2 Å². The van der Waals surface area contributed by atoms with Crippen LogP contribution in [0.2, 0.25) is 0 Å². The van der Waals surface area contributed by atoms with Crippen LogP contribution in [0.15, 0.2) is 32.5 Å². The lowest BCUT2D eigenvalue weighted by Crippen LogP contribution is -1.97. The molecule has 1 aromatic carbocycles. The lowest BCUT2D eigenvalue weighted by atomic mass is 10.1. The zero-order valence-electron chi connectivity index (χ0n) is 10.4. The summed E-state index contributed by atoms with van der Waals surface area (Å²) in [5, 5.41) is -0.210. The second-order valence-electron chi connectivity index (χ2n) is 4.38. The maximum Gasteiger partial charge on any atom is 0.162 e. The first kappa shape index (κ1) is 14.7. The molecule has 0 spiro atoms. The molecule has 20 heavy (non-hydrogen) atoms. The standard InChI is InChI=1S/C14H11Br2ClO2S/c15-9-7-11-10(18-4-1-5-19-11)6-8(9)14(17)12-2-3-13(16)20-12/h2-3,6-7,14H,1,4-5H2. The van der Waals surface area contributed by atoms with Gasteiger partial charge in [0.1, 0.15) is 0 Å². The first-order valence-corrected chi connectivity index (χ1v) is 8.97. The molecule has 0 amide bonds. The minimum atomic E-state index is -0.210. The number of thiophene rings is 1. The van der Waals surface area contributed by atoms with E-state index >= 15 is 0 Å². The van der Waals surface area contributed by atoms with Crippen molar-refractivity contribution in [3.8, 4) is 11.5 Å². The first-order chi connectivity index (χ1) is 9.65. The fourth-order valence-electron chi connectivity index (χ4n) is 2.01. The van der Waals surface area contributed by atoms with Crippen molar-refractivity contribution in [3.63, 3.8) is 0 Å². The summed E-state index contributed by atoms with van der Waals surface area (Å²) in [4.78, 5) is 1.09. The Kier molecular flexibility index (Phi) is 4.60. The van der Waals surface area contributed by atoms with Crippen molar-refractivity contribution in [1.82, 2.24) is 0 Å². The predicted molar refractivity (Wildman–Crippen MR) is 89.5 cm³/mol. The lowest BCUT2D eigenvalue weighted by Gasteiger charge is -2.14. The van der Waals surface area contributed by atoms with Crippen LogP contribution in [0.4, 0.5) is 0 Å². The molecule has 1 aliphatic heterocycles. The quantitative estimate of drug-likeness (QED) is 0.555. The van der Waals surface area contributed by atoms with Crippen molar-refractivity contribution in [1.29, 1.82) is 0 Å². The van der Waals surface area contributed by atoms with E-state index < -0.39 is 0 Å². The summed E-state index contributed by atoms with van der Waals surface area (Å²) in [7, 11) is 0. The summed E-state index contributed by atoms with van der Waals surface area (Å²) in [6.45, 7) is 1.35. The Labute approximate surface area is 143 Å². The van der Waals surface area contributed by atoms with E-state index in [0.717, 1.165) is 36.6 Å². The van der Waals surface area contributed by atoms with Gasteiger partial charge in [-0.25, -0.2) is 0 Å². The van der Waals surface area contributed by atoms with Crippen LogP contribution in [0.1, 0.15) is 22.2 Å². The fourth-order valence-corrected chi connectivity index (χ4v) is 4.50. The van der Waals surface area contributed by atoms with E-state index in [9.17, 15) is 0 Å². The molecule has 0 fully saturated rings. The number of ether oxygens (including phenoxy) is 2. The van der Waals surface area contributed by atoms with Crippen molar-refractivity contribution >= 4 is 54.8 Å². The average Bonchev–Trinajstić information content (AvgIpc) is 2.73. The van der Waals surface area contributed by atoms with E-state index in [1.54, 1.807) is 11.3 Å². The Morgan fingerprint density at radius 2 is 1.80 bits per heavy atom. The van der Waals surface area contributed by atoms with Crippen LogP contribution < -0.4 is 9.47 Å². The minimum absolute atomic E-state index is 0.210. The van der Waals surface area contributed by atoms with Gasteiger partial charge in [0.05, 0.1) is 22.4 Å². The second kappa shape index (κ2) is 6.26. The van der Waals surface area contributed by atoms with E-state index in [0.29, 0.717) is 13.2 Å². The van der Waals surface area contributed by atoms with Gasteiger partial charge in [-0.15, -0.1) is 22.9 Å². The van der Waals surface area contributed by atoms with Gasteiger partial charge in [0.2, 0.25) is 0 Å². The molecule has 0 saturated heterocycles. The Balaban J connectivity index is 1.99. The van der Waals surface area contributed by atoms with Gasteiger partial charge in [0.15, 0.2) is 11.5 Å². The molecule has 106 valence electrons. The third-order valence-electron chi connectivity index (χ3n) is 2.98. The van der Waals surface area contributed by atoms with Gasteiger partial charge >= 0.3 is 0 Å². The van der Waals surface area contributed by atoms with E-state index in [2.05, 4.69) is 31.9 Å². The highest BCUT2D eigenvalue weighted by Crippen LogP contribution is 2.43. The maximum absolute atomic E-state index is 6.60. The number of halogens is 3. The molecule has 0 aliphatic carbocycles. The Morgan fingerprint density at radius 1 is 1.10 bits per heavy atom. The smallest absolute Gasteiger partial charge is 0.162 e. The van der Waals surface area contributed by atoms with E-state index in [1.165, 1.54) is 0 Å². The topological polar surface area (TPSA) is 18.5 Å². The highest BCUT2D eigenvalue weighted by molar-refractivity contribution is 9.11. The Hall–Kier alpha value is -0.230. The molecule has 6 heteroatoms. The third-order valence-corrected chi connectivity index (χ3v) is 5.96. The lowest BCUT2D eigenvalue weighted by molar-refractivity contribution is 0.297. The molecular weight excluding hydrogens is 427 g/mol. The van der Waals surface area contributed by atoms with Gasteiger partial charge in [-0.3, -0.25) is 0 Å². The van der Waals surface area contributed by atoms with Gasteiger partial charge < -0.3 is 9.47 Å². The summed E-state index contributed by atoms with van der Waals surface area (Å²) in [6, 6.07) is 7.94. The number of alkyl halides is 1. The molecule has 2 nitrogen and oxygen atoms in total. The highest BCUT2D eigenvalue weighted by atomic mass is 79.9. The van der Waals surface area contributed by atoms with Gasteiger partial charge in [-0.2, -0.15) is 0 Å². The summed E-state index contributed by atoms with van der Waals surface area (Å²) >= 11 is 15.3. The number of benzene rings is 1. The van der Waals surface area contributed by atoms with Crippen LogP contribution in [0.5, 0.6) is 11.5 Å². The average molecular weight is 439 g/mol. The largest absolute Gasteiger partial charge is 0.490 e. The summed E-state index contributed by atoms with van der Waals surface area (Å²) < 4.78 is 13.4. The van der Waals surface area contributed by atoms with Crippen LogP contribution >= 0.6 is 54.8 Å². The van der Waals surface area contributed by atoms with Gasteiger partial charge in [-0.1, -0.05) is 15.9 Å². The first-order valence-electron chi connectivity index (χ1n) is 6.13. The molecule has 0 N–H and O–H groups in total. The zero-order valence-corrected chi connectivity index (χ0v) is 15.1. The van der Waals surface area contributed by atoms with Crippen molar-refractivity contribution < 1.29 is 9.47 Å². The summed E-state index contributed by atoms with van der Waals surface area (Å²) in [5.74, 6) is 1.54. The molecule has 1 aliphatic rings. The molecule has 2 aromatic rings. The summed E-state index contributed by atoms with van der Waals surface area (Å²) in [6.07, 6.45) is 0.893. The second-order valence-corrected chi connectivity index (χ2v) is 8.16.